The molecular formula is C30H35N5O4Si. The molecule has 0 saturated heterocycles. The van der Waals surface area contributed by atoms with Gasteiger partial charge in [-0.3, -0.25) is 24.7 Å². The molecule has 4 rings (SSSR count). The van der Waals surface area contributed by atoms with E-state index in [-0.39, 0.29) is 5.91 Å². The average Bonchev–Trinajstić information content (AvgIpc) is 3.00. The molecule has 0 unspecified atom stereocenters. The summed E-state index contributed by atoms with van der Waals surface area (Å²) >= 11 is 0. The Balaban J connectivity index is 1.31. The zero-order valence-electron chi connectivity index (χ0n) is 23.2. The Morgan fingerprint density at radius 2 is 1.27 bits per heavy atom. The molecule has 0 spiro atoms. The lowest BCUT2D eigenvalue weighted by Crippen LogP contribution is -2.46. The molecule has 0 aliphatic rings. The normalized spacial score (nSPS) is 11.4. The minimum absolute atomic E-state index is 0.181. The number of rotatable bonds is 14. The Morgan fingerprint density at radius 3 is 1.77 bits per heavy atom. The molecule has 0 fully saturated rings. The van der Waals surface area contributed by atoms with Crippen molar-refractivity contribution >= 4 is 14.7 Å². The molecule has 10 heteroatoms. The first-order valence-electron chi connectivity index (χ1n) is 13.6. The third-order valence-electron chi connectivity index (χ3n) is 6.11. The summed E-state index contributed by atoms with van der Waals surface area (Å²) in [6.45, 7) is 7.88. The van der Waals surface area contributed by atoms with Crippen molar-refractivity contribution in [3.05, 3.63) is 84.9 Å². The van der Waals surface area contributed by atoms with Gasteiger partial charge in [0.15, 0.2) is 0 Å². The van der Waals surface area contributed by atoms with Gasteiger partial charge in [0.2, 0.25) is 0 Å². The summed E-state index contributed by atoms with van der Waals surface area (Å²) in [5.74, 6) is -0.181. The maximum Gasteiger partial charge on any atom is 0.500 e. The van der Waals surface area contributed by atoms with Crippen molar-refractivity contribution in [3.8, 4) is 33.9 Å². The van der Waals surface area contributed by atoms with E-state index in [0.717, 1.165) is 22.5 Å². The number of hydrogen-bond acceptors (Lipinski definition) is 8. The van der Waals surface area contributed by atoms with Crippen LogP contribution in [0.3, 0.4) is 0 Å². The second-order valence-corrected chi connectivity index (χ2v) is 11.6. The molecule has 0 aromatic carbocycles. The fourth-order valence-electron chi connectivity index (χ4n) is 4.24. The summed E-state index contributed by atoms with van der Waals surface area (Å²) in [5, 5.41) is 2.95. The predicted molar refractivity (Wildman–Crippen MR) is 156 cm³/mol. The largest absolute Gasteiger partial charge is 0.500 e. The number of nitrogens with zero attached hydrogens (tertiary/aromatic N) is 4. The van der Waals surface area contributed by atoms with Crippen LogP contribution >= 0.6 is 0 Å². The van der Waals surface area contributed by atoms with Crippen molar-refractivity contribution in [1.29, 1.82) is 0 Å². The van der Waals surface area contributed by atoms with Gasteiger partial charge >= 0.3 is 8.80 Å². The van der Waals surface area contributed by atoms with E-state index in [1.165, 1.54) is 0 Å². The molecule has 1 N–H and O–H groups in total. The third kappa shape index (κ3) is 7.63. The zero-order chi connectivity index (χ0) is 28.2. The van der Waals surface area contributed by atoms with Crippen LogP contribution in [0.5, 0.6) is 0 Å². The number of hydrogen-bond donors (Lipinski definition) is 1. The van der Waals surface area contributed by atoms with Gasteiger partial charge in [0.05, 0.1) is 28.3 Å². The lowest BCUT2D eigenvalue weighted by atomic mass is 10.1. The van der Waals surface area contributed by atoms with Crippen LogP contribution in [-0.4, -0.2) is 61.0 Å². The Hall–Kier alpha value is -3.83. The molecule has 40 heavy (non-hydrogen) atoms. The van der Waals surface area contributed by atoms with E-state index in [4.69, 9.17) is 13.3 Å². The van der Waals surface area contributed by atoms with Crippen LogP contribution in [0.15, 0.2) is 79.4 Å². The smallest absolute Gasteiger partial charge is 0.374 e. The monoisotopic (exact) mass is 557 g/mol. The molecule has 0 atom stereocenters. The van der Waals surface area contributed by atoms with Crippen LogP contribution in [-0.2, 0) is 13.3 Å². The number of nitrogens with one attached hydrogen (secondary N) is 1. The highest BCUT2D eigenvalue weighted by Crippen LogP contribution is 2.23. The van der Waals surface area contributed by atoms with E-state index in [1.807, 2.05) is 69.4 Å². The summed E-state index contributed by atoms with van der Waals surface area (Å²) in [5.41, 5.74) is 5.44. The topological polar surface area (TPSA) is 108 Å². The van der Waals surface area contributed by atoms with E-state index in [1.54, 1.807) is 30.7 Å². The lowest BCUT2D eigenvalue weighted by Gasteiger charge is -2.28. The number of aromatic nitrogens is 4. The summed E-state index contributed by atoms with van der Waals surface area (Å²) in [6, 6.07) is 17.8. The molecule has 1 amide bonds. The number of carbonyl (C=O) groups is 1. The van der Waals surface area contributed by atoms with Crippen molar-refractivity contribution in [3.63, 3.8) is 0 Å². The van der Waals surface area contributed by atoms with Crippen molar-refractivity contribution in [2.75, 3.05) is 26.4 Å². The van der Waals surface area contributed by atoms with Crippen molar-refractivity contribution in [2.24, 2.45) is 0 Å². The maximum atomic E-state index is 12.7. The molecule has 0 radical (unpaired) electrons. The van der Waals surface area contributed by atoms with E-state index < -0.39 is 8.80 Å². The molecule has 208 valence electrons. The predicted octanol–water partition coefficient (Wildman–Crippen LogP) is 5.44. The first-order chi connectivity index (χ1) is 19.6. The van der Waals surface area contributed by atoms with Gasteiger partial charge in [0, 0.05) is 68.3 Å². The van der Waals surface area contributed by atoms with Gasteiger partial charge in [-0.1, -0.05) is 6.07 Å². The third-order valence-corrected chi connectivity index (χ3v) is 9.26. The van der Waals surface area contributed by atoms with E-state index >= 15 is 0 Å². The van der Waals surface area contributed by atoms with Crippen LogP contribution in [0.4, 0.5) is 0 Å². The van der Waals surface area contributed by atoms with Crippen LogP contribution in [0.1, 0.15) is 37.6 Å². The molecule has 0 saturated carbocycles. The van der Waals surface area contributed by atoms with Gasteiger partial charge in [-0.25, -0.2) is 0 Å². The van der Waals surface area contributed by atoms with E-state index in [9.17, 15) is 4.79 Å². The second-order valence-electron chi connectivity index (χ2n) is 8.85. The molecule has 9 nitrogen and oxygen atoms in total. The Morgan fingerprint density at radius 1 is 0.700 bits per heavy atom. The first-order valence-corrected chi connectivity index (χ1v) is 15.5. The van der Waals surface area contributed by atoms with Gasteiger partial charge in [0.25, 0.3) is 5.91 Å². The van der Waals surface area contributed by atoms with Crippen LogP contribution in [0.25, 0.3) is 33.9 Å². The van der Waals surface area contributed by atoms with E-state index in [0.29, 0.717) is 55.8 Å². The van der Waals surface area contributed by atoms with Gasteiger partial charge in [0.1, 0.15) is 0 Å². The highest BCUT2D eigenvalue weighted by atomic mass is 28.4. The fraction of sp³-hybridized carbons (Fsp3) is 0.300. The van der Waals surface area contributed by atoms with Crippen LogP contribution in [0.2, 0.25) is 6.04 Å². The molecule has 4 heterocycles. The molecule has 4 aromatic heterocycles. The van der Waals surface area contributed by atoms with Crippen molar-refractivity contribution < 1.29 is 18.1 Å². The SMILES string of the molecule is CCO[Si](CCCNC(=O)c1ccc(-c2ccc(-c3ccc(-c4ccccn4)cn3)cn2)nc1)(OCC)OCC. The molecular weight excluding hydrogens is 522 g/mol. The van der Waals surface area contributed by atoms with Gasteiger partial charge < -0.3 is 18.6 Å². The number of amides is 1. The first kappa shape index (κ1) is 29.2. The highest BCUT2D eigenvalue weighted by Gasteiger charge is 2.39. The van der Waals surface area contributed by atoms with Crippen molar-refractivity contribution in [2.45, 2.75) is 33.2 Å². The minimum Gasteiger partial charge on any atom is -0.374 e. The van der Waals surface area contributed by atoms with Gasteiger partial charge in [-0.15, -0.1) is 0 Å². The van der Waals surface area contributed by atoms with Crippen LogP contribution in [0, 0.1) is 0 Å². The maximum absolute atomic E-state index is 12.7. The van der Waals surface area contributed by atoms with Crippen molar-refractivity contribution in [1.82, 2.24) is 25.3 Å². The van der Waals surface area contributed by atoms with E-state index in [2.05, 4.69) is 25.3 Å². The van der Waals surface area contributed by atoms with Crippen LogP contribution < -0.4 is 5.32 Å². The molecule has 4 aromatic rings. The lowest BCUT2D eigenvalue weighted by molar-refractivity contribution is 0.0704. The van der Waals surface area contributed by atoms with Gasteiger partial charge in [-0.2, -0.15) is 0 Å². The average molecular weight is 558 g/mol. The zero-order valence-corrected chi connectivity index (χ0v) is 24.2. The molecule has 0 aliphatic heterocycles. The Bertz CT molecular complexity index is 1320. The van der Waals surface area contributed by atoms with Gasteiger partial charge in [-0.05, 0) is 75.7 Å². The highest BCUT2D eigenvalue weighted by molar-refractivity contribution is 6.60. The number of pyridine rings is 4. The minimum atomic E-state index is -2.71. The fourth-order valence-corrected chi connectivity index (χ4v) is 6.85. The summed E-state index contributed by atoms with van der Waals surface area (Å²) in [6.07, 6.45) is 7.61. The Labute approximate surface area is 236 Å². The summed E-state index contributed by atoms with van der Waals surface area (Å²) < 4.78 is 17.6. The Kier molecular flexibility index (Phi) is 10.6. The quantitative estimate of drug-likeness (QED) is 0.161. The summed E-state index contributed by atoms with van der Waals surface area (Å²) in [4.78, 5) is 30.6. The molecule has 0 aliphatic carbocycles. The summed E-state index contributed by atoms with van der Waals surface area (Å²) in [7, 11) is -2.71. The molecule has 0 bridgehead atoms. The number of carbonyl (C=O) groups excluding carboxylic acids is 1. The standard InChI is InChI=1S/C30H35N5O4Si/c1-4-37-40(38-5-2,39-6-3)19-9-18-32-30(36)25-13-16-29(35-22-25)28-15-12-24(21-34-28)27-14-11-23(20-33-27)26-10-7-8-17-31-26/h7-8,10-17,20-22H,4-6,9,18-19H2,1-3H3,(H,32,36). The second kappa shape index (κ2) is 14.5.